The van der Waals surface area contributed by atoms with Crippen molar-refractivity contribution in [1.82, 2.24) is 20.5 Å². The summed E-state index contributed by atoms with van der Waals surface area (Å²) in [5.41, 5.74) is -4.98. The Morgan fingerprint density at radius 3 is 2.47 bits per heavy atom. The number of carbonyl (C=O) groups is 5. The minimum atomic E-state index is -3.28. The van der Waals surface area contributed by atoms with Gasteiger partial charge in [0.25, 0.3) is 5.67 Å². The molecule has 2 aromatic rings. The third-order valence-corrected chi connectivity index (χ3v) is 13.2. The summed E-state index contributed by atoms with van der Waals surface area (Å²) in [6, 6.07) is 4.27. The number of ketones is 2. The number of methoxy groups -OCH3 is 1. The molecule has 0 bridgehead atoms. The molecular formula is C42H59FN4O11S. The number of ether oxygens (including phenoxy) is 5. The Balaban J connectivity index is 1.45. The smallest absolute Gasteiger partial charge is 0.408 e. The van der Waals surface area contributed by atoms with Crippen molar-refractivity contribution in [3.63, 3.8) is 0 Å². The van der Waals surface area contributed by atoms with Gasteiger partial charge in [0.05, 0.1) is 30.3 Å². The largest absolute Gasteiger partial charge is 0.455 e. The number of halogens is 1. The number of aliphatic hydroxyl groups is 1. The maximum absolute atomic E-state index is 17.0. The number of aromatic nitrogens is 1. The van der Waals surface area contributed by atoms with Gasteiger partial charge < -0.3 is 44.3 Å². The molecule has 4 unspecified atom stereocenters. The molecule has 2 aromatic heterocycles. The second-order valence-electron chi connectivity index (χ2n) is 17.1. The molecule has 0 radical (unpaired) electrons. The van der Waals surface area contributed by atoms with E-state index in [9.17, 15) is 29.1 Å². The van der Waals surface area contributed by atoms with Crippen LogP contribution in [0.3, 0.4) is 0 Å². The molecule has 17 heteroatoms. The summed E-state index contributed by atoms with van der Waals surface area (Å²) in [5, 5.41) is 18.8. The van der Waals surface area contributed by atoms with Crippen molar-refractivity contribution in [2.24, 2.45) is 17.8 Å². The van der Waals surface area contributed by atoms with E-state index in [2.05, 4.69) is 15.6 Å². The third-order valence-electron chi connectivity index (χ3n) is 12.3. The van der Waals surface area contributed by atoms with Gasteiger partial charge >= 0.3 is 12.1 Å². The van der Waals surface area contributed by atoms with E-state index in [4.69, 9.17) is 23.7 Å². The number of rotatable bonds is 10. The van der Waals surface area contributed by atoms with Crippen molar-refractivity contribution in [3.8, 4) is 10.4 Å². The van der Waals surface area contributed by atoms with Gasteiger partial charge in [-0.2, -0.15) is 0 Å². The molecule has 3 aliphatic rings. The van der Waals surface area contributed by atoms with Gasteiger partial charge in [-0.3, -0.25) is 19.4 Å². The van der Waals surface area contributed by atoms with Gasteiger partial charge in [-0.15, -0.1) is 11.3 Å². The molecule has 2 amide bonds. The van der Waals surface area contributed by atoms with Crippen LogP contribution in [-0.2, 0) is 49.3 Å². The van der Waals surface area contributed by atoms with E-state index in [1.165, 1.54) is 21.0 Å². The number of thiophene rings is 1. The molecule has 0 aliphatic carbocycles. The molecule has 5 rings (SSSR count). The number of hydrogen-bond acceptors (Lipinski definition) is 14. The number of pyridine rings is 1. The number of fused-ring (bicyclic) bond motifs is 1. The summed E-state index contributed by atoms with van der Waals surface area (Å²) in [6.45, 7) is 10.3. The van der Waals surface area contributed by atoms with Crippen LogP contribution in [0.15, 0.2) is 36.0 Å². The Morgan fingerprint density at radius 1 is 1.12 bits per heavy atom. The zero-order valence-corrected chi connectivity index (χ0v) is 36.3. The lowest BCUT2D eigenvalue weighted by atomic mass is 9.73. The van der Waals surface area contributed by atoms with E-state index in [0.717, 1.165) is 17.4 Å². The first-order valence-corrected chi connectivity index (χ1v) is 20.9. The molecule has 0 saturated carbocycles. The van der Waals surface area contributed by atoms with Gasteiger partial charge in [0, 0.05) is 66.7 Å². The van der Waals surface area contributed by atoms with E-state index in [1.807, 2.05) is 35.4 Å². The van der Waals surface area contributed by atoms with Crippen molar-refractivity contribution in [1.29, 1.82) is 0 Å². The third kappa shape index (κ3) is 9.86. The molecule has 326 valence electrons. The van der Waals surface area contributed by atoms with E-state index in [-0.39, 0.29) is 49.6 Å². The number of carbonyl (C=O) groups excluding carboxylic acids is 5. The summed E-state index contributed by atoms with van der Waals surface area (Å²) in [5.74, 6) is -6.62. The highest BCUT2D eigenvalue weighted by Crippen LogP contribution is 2.41. The second-order valence-corrected chi connectivity index (χ2v) is 18.0. The summed E-state index contributed by atoms with van der Waals surface area (Å²) in [6.07, 6.45) is -2.99. The minimum Gasteiger partial charge on any atom is -0.455 e. The topological polar surface area (TPSA) is 192 Å². The Morgan fingerprint density at radius 2 is 1.83 bits per heavy atom. The Hall–Kier alpha value is -3.87. The minimum absolute atomic E-state index is 0.0211. The number of alkyl halides is 1. The number of hydrogen-bond donors (Lipinski definition) is 3. The highest BCUT2D eigenvalue weighted by Gasteiger charge is 2.59. The van der Waals surface area contributed by atoms with E-state index in [1.54, 1.807) is 58.6 Å². The predicted octanol–water partition coefficient (Wildman–Crippen LogP) is 4.03. The lowest BCUT2D eigenvalue weighted by Crippen LogP contribution is -2.61. The van der Waals surface area contributed by atoms with Crippen LogP contribution in [0.1, 0.15) is 73.3 Å². The highest BCUT2D eigenvalue weighted by atomic mass is 32.1. The molecule has 3 fully saturated rings. The van der Waals surface area contributed by atoms with Crippen LogP contribution in [0.5, 0.6) is 0 Å². The fourth-order valence-corrected chi connectivity index (χ4v) is 9.51. The molecule has 59 heavy (non-hydrogen) atoms. The lowest BCUT2D eigenvalue weighted by Gasteiger charge is -2.47. The number of alkyl carbamates (subject to hydrolysis) is 1. The zero-order valence-electron chi connectivity index (χ0n) is 35.5. The number of nitrogens with one attached hydrogen (secondary N) is 2. The highest BCUT2D eigenvalue weighted by molar-refractivity contribution is 7.13. The first kappa shape index (κ1) is 46.2. The average molecular weight is 847 g/mol. The summed E-state index contributed by atoms with van der Waals surface area (Å²) in [4.78, 5) is 75.9. The number of aliphatic hydroxyl groups excluding tert-OH is 1. The summed E-state index contributed by atoms with van der Waals surface area (Å²) in [7, 11) is 4.98. The number of esters is 1. The molecule has 15 nitrogen and oxygen atoms in total. The first-order chi connectivity index (χ1) is 27.6. The molecular weight excluding hydrogens is 788 g/mol. The first-order valence-electron chi connectivity index (χ1n) is 20.1. The molecule has 3 aliphatic heterocycles. The van der Waals surface area contributed by atoms with Crippen LogP contribution in [0, 0.1) is 17.8 Å². The number of cyclic esters (lactones) is 1. The number of likely N-dealkylation sites (N-methyl/N-ethyl adjacent to an activating group) is 1. The zero-order chi connectivity index (χ0) is 43.6. The van der Waals surface area contributed by atoms with E-state index < -0.39 is 83.1 Å². The maximum Gasteiger partial charge on any atom is 0.408 e. The fraction of sp³-hybridized carbons (Fsp3) is 0.667. The number of amides is 2. The standard InChI is InChI=1S/C42H59FN4O11S/c1-22-19-40(5,54-10)36(57-37-33(50)28(47(8)9)16-23(2)55-37)25(4)35(51)41(6,43)38(52)56-30(42(7)34(24(3)32(22)49)46-39(53)58-42)13-14-45-31(48)18-26-17-27(21-44-20-26)29-12-11-15-59-29/h11-12,15,17,20-25,28,30,33-34,36-37,50H,13-14,16,18-19H2,1-10H3,(H,45,48)(H,46,53)/t22-,23?,24+,25+,28?,30-,33?,34-,36-,37?,40-,41+,42-/m1/s1. The lowest BCUT2D eigenvalue weighted by molar-refractivity contribution is -0.295. The van der Waals surface area contributed by atoms with E-state index in [0.29, 0.717) is 12.0 Å². The fourth-order valence-electron chi connectivity index (χ4n) is 8.80. The predicted molar refractivity (Wildman–Crippen MR) is 215 cm³/mol. The normalized spacial score (nSPS) is 37.2. The van der Waals surface area contributed by atoms with Crippen molar-refractivity contribution < 1.29 is 57.2 Å². The van der Waals surface area contributed by atoms with Crippen molar-refractivity contribution in [2.75, 3.05) is 27.7 Å². The second kappa shape index (κ2) is 18.4. The molecule has 3 saturated heterocycles. The quantitative estimate of drug-likeness (QED) is 0.230. The van der Waals surface area contributed by atoms with Gasteiger partial charge in [0.2, 0.25) is 5.91 Å². The average Bonchev–Trinajstić information content (AvgIpc) is 3.84. The van der Waals surface area contributed by atoms with Gasteiger partial charge in [0.1, 0.15) is 18.0 Å². The van der Waals surface area contributed by atoms with Gasteiger partial charge in [-0.25, -0.2) is 14.0 Å². The van der Waals surface area contributed by atoms with Crippen LogP contribution in [0.4, 0.5) is 9.18 Å². The summed E-state index contributed by atoms with van der Waals surface area (Å²) < 4.78 is 47.1. The van der Waals surface area contributed by atoms with Gasteiger partial charge in [0.15, 0.2) is 17.7 Å². The van der Waals surface area contributed by atoms with Crippen molar-refractivity contribution in [3.05, 3.63) is 41.5 Å². The Bertz CT molecular complexity index is 1850. The Labute approximate surface area is 349 Å². The SMILES string of the molecule is CO[C@]1(C)C[C@@H](C)C(=O)[C@H](C)[C@H]2NC(=O)O[C@]2(C)[C@@H](CCNC(=O)Cc2cncc(-c3cccs3)c2)OC(=O)[C@@](C)(F)C(=O)[C@H](C)[C@H]1OC1OC(C)CC(N(C)C)C1O. The van der Waals surface area contributed by atoms with Gasteiger partial charge in [-0.1, -0.05) is 26.8 Å². The monoisotopic (exact) mass is 846 g/mol. The summed E-state index contributed by atoms with van der Waals surface area (Å²) >= 11 is 1.54. The van der Waals surface area contributed by atoms with Crippen LogP contribution >= 0.6 is 11.3 Å². The number of nitrogens with zero attached hydrogens (tertiary/aromatic N) is 2. The molecule has 3 N–H and O–H groups in total. The molecule has 0 spiro atoms. The van der Waals surface area contributed by atoms with E-state index >= 15 is 4.39 Å². The molecule has 13 atom stereocenters. The van der Waals surface area contributed by atoms with Crippen LogP contribution < -0.4 is 10.6 Å². The van der Waals surface area contributed by atoms with Crippen LogP contribution in [-0.4, -0.2) is 132 Å². The Kier molecular flexibility index (Phi) is 14.4. The number of Topliss-reactive ketones (excluding diaryl/α,β-unsaturated/α-hetero) is 2. The van der Waals surface area contributed by atoms with Gasteiger partial charge in [-0.05, 0) is 77.7 Å². The van der Waals surface area contributed by atoms with Crippen molar-refractivity contribution in [2.45, 2.75) is 134 Å². The van der Waals surface area contributed by atoms with Crippen molar-refractivity contribution >= 4 is 40.9 Å². The maximum atomic E-state index is 17.0. The van der Waals surface area contributed by atoms with Crippen LogP contribution in [0.2, 0.25) is 0 Å². The molecule has 5 heterocycles. The molecule has 0 aromatic carbocycles. The van der Waals surface area contributed by atoms with Crippen LogP contribution in [0.25, 0.3) is 10.4 Å².